The van der Waals surface area contributed by atoms with Gasteiger partial charge in [0.1, 0.15) is 54.4 Å². The summed E-state index contributed by atoms with van der Waals surface area (Å²) in [4.78, 5) is 39.0. The molecule has 1 aliphatic carbocycles. The van der Waals surface area contributed by atoms with E-state index < -0.39 is 141 Å². The van der Waals surface area contributed by atoms with Gasteiger partial charge in [-0.3, -0.25) is 0 Å². The molecule has 0 amide bonds. The first kappa shape index (κ1) is 44.7. The zero-order valence-corrected chi connectivity index (χ0v) is 33.0. The summed E-state index contributed by atoms with van der Waals surface area (Å²) < 4.78 is 56.9. The molecule has 0 bridgehead atoms. The number of aliphatic hydroxyl groups excluding tert-OH is 7. The number of aliphatic hydroxyl groups is 7. The van der Waals surface area contributed by atoms with Gasteiger partial charge >= 0.3 is 17.9 Å². The van der Waals surface area contributed by atoms with Crippen LogP contribution in [0.3, 0.4) is 0 Å². The number of esters is 3. The van der Waals surface area contributed by atoms with Gasteiger partial charge in [0.25, 0.3) is 0 Å². The number of carbonyl (C=O) groups is 3. The normalized spacial score (nSPS) is 40.7. The highest BCUT2D eigenvalue weighted by Gasteiger charge is 2.55. The van der Waals surface area contributed by atoms with E-state index >= 15 is 0 Å². The Morgan fingerprint density at radius 3 is 2.21 bits per heavy atom. The molecule has 336 valence electrons. The van der Waals surface area contributed by atoms with Crippen molar-refractivity contribution in [3.63, 3.8) is 0 Å². The molecule has 7 rings (SSSR count). The molecule has 1 aromatic carbocycles. The number of fused-ring (bicyclic) bond motifs is 2. The van der Waals surface area contributed by atoms with Gasteiger partial charge in [0.15, 0.2) is 23.9 Å². The Morgan fingerprint density at radius 2 is 1.52 bits per heavy atom. The number of hydrogen-bond acceptors (Lipinski definition) is 21. The van der Waals surface area contributed by atoms with E-state index in [-0.39, 0.29) is 41.4 Å². The van der Waals surface area contributed by atoms with Gasteiger partial charge in [0.05, 0.1) is 50.6 Å². The molecular weight excluding hydrogens is 816 g/mol. The predicted octanol–water partition coefficient (Wildman–Crippen LogP) is -1.77. The van der Waals surface area contributed by atoms with Gasteiger partial charge in [0, 0.05) is 29.6 Å². The van der Waals surface area contributed by atoms with Crippen molar-refractivity contribution in [2.45, 2.75) is 99.9 Å². The van der Waals surface area contributed by atoms with E-state index in [1.165, 1.54) is 37.6 Å². The lowest BCUT2D eigenvalue weighted by atomic mass is 9.81. The molecule has 1 saturated carbocycles. The number of aromatic hydroxyl groups is 1. The molecule has 5 heterocycles. The second-order valence-electron chi connectivity index (χ2n) is 15.6. The van der Waals surface area contributed by atoms with Crippen LogP contribution in [0.5, 0.6) is 11.5 Å². The molecule has 3 saturated heterocycles. The third kappa shape index (κ3) is 8.44. The largest absolute Gasteiger partial charge is 0.504 e. The summed E-state index contributed by atoms with van der Waals surface area (Å²) in [5.41, 5.74) is -0.00194. The van der Waals surface area contributed by atoms with Gasteiger partial charge in [-0.15, -0.1) is 6.58 Å². The number of methoxy groups -OCH3 is 1. The molecule has 18 atom stereocenters. The number of carbonyl (C=O) groups excluding carboxylic acids is 3. The number of phenolic OH excluding ortho intramolecular Hbond substituents is 1. The highest BCUT2D eigenvalue weighted by molar-refractivity contribution is 5.93. The topological polar surface area (TPSA) is 305 Å². The maximum Gasteiger partial charge on any atom is 0.342 e. The van der Waals surface area contributed by atoms with E-state index in [2.05, 4.69) is 6.58 Å². The molecule has 21 heteroatoms. The maximum atomic E-state index is 13.8. The highest BCUT2D eigenvalue weighted by Crippen LogP contribution is 2.49. The van der Waals surface area contributed by atoms with E-state index in [4.69, 9.17) is 47.4 Å². The number of cyclic esters (lactones) is 1. The zero-order valence-electron chi connectivity index (χ0n) is 33.0. The van der Waals surface area contributed by atoms with Crippen LogP contribution in [0.15, 0.2) is 54.5 Å². The molecular formula is C40H50O21. The van der Waals surface area contributed by atoms with Crippen molar-refractivity contribution >= 4 is 17.9 Å². The van der Waals surface area contributed by atoms with Crippen LogP contribution in [0.2, 0.25) is 0 Å². The van der Waals surface area contributed by atoms with Crippen molar-refractivity contribution in [2.24, 2.45) is 29.6 Å². The molecule has 6 aliphatic rings. The fourth-order valence-corrected chi connectivity index (χ4v) is 8.81. The molecule has 4 fully saturated rings. The van der Waals surface area contributed by atoms with E-state index in [1.807, 2.05) is 0 Å². The van der Waals surface area contributed by atoms with E-state index in [9.17, 15) is 55.2 Å². The standard InChI is InChI=1S/C40H50O21/c1-4-16-17-8-9-53-35(50)20(17)13-54-37(16)60-40-33(31(47)29(45)25(12-42)59-40)56-22-7-5-6-18(27(22)43)36(51)57-23-10-19-21(34(49)52-3)14-55-38(26(19)15(23)2)61-39-32(48)30(46)28(44)24(11-41)58-39/h4-7,13-17,19,23-26,28-33,37-48H,1,8-12H2,2-3H3/t15-,16+,17-,19+,23-,24-,25+,26+,28-,29+,30+,31-,32-,33+,37-,38-,39+,40-/m0/s1. The minimum atomic E-state index is -1.78. The summed E-state index contributed by atoms with van der Waals surface area (Å²) in [7, 11) is 1.17. The Hall–Kier alpha value is -4.39. The van der Waals surface area contributed by atoms with Crippen molar-refractivity contribution in [3.8, 4) is 11.5 Å². The summed E-state index contributed by atoms with van der Waals surface area (Å²) in [5, 5.41) is 84.2. The molecule has 5 aliphatic heterocycles. The molecule has 0 unspecified atom stereocenters. The second-order valence-corrected chi connectivity index (χ2v) is 15.6. The predicted molar refractivity (Wildman–Crippen MR) is 197 cm³/mol. The number of phenols is 1. The smallest absolute Gasteiger partial charge is 0.342 e. The minimum Gasteiger partial charge on any atom is -0.504 e. The van der Waals surface area contributed by atoms with E-state index in [0.717, 1.165) is 6.26 Å². The molecule has 21 nitrogen and oxygen atoms in total. The van der Waals surface area contributed by atoms with Crippen LogP contribution in [-0.2, 0) is 52.2 Å². The van der Waals surface area contributed by atoms with E-state index in [0.29, 0.717) is 6.42 Å². The van der Waals surface area contributed by atoms with Crippen LogP contribution in [0.4, 0.5) is 0 Å². The van der Waals surface area contributed by atoms with E-state index in [1.54, 1.807) is 6.92 Å². The Kier molecular flexibility index (Phi) is 13.6. The van der Waals surface area contributed by atoms with Gasteiger partial charge in [0.2, 0.25) is 18.9 Å². The second kappa shape index (κ2) is 18.5. The minimum absolute atomic E-state index is 0.0373. The monoisotopic (exact) mass is 866 g/mol. The molecule has 61 heavy (non-hydrogen) atoms. The number of hydrogen-bond donors (Lipinski definition) is 8. The average Bonchev–Trinajstić information content (AvgIpc) is 3.58. The summed E-state index contributed by atoms with van der Waals surface area (Å²) in [6.45, 7) is 4.26. The summed E-state index contributed by atoms with van der Waals surface area (Å²) in [6.07, 6.45) is -15.0. The Bertz CT molecular complexity index is 1850. The van der Waals surface area contributed by atoms with Gasteiger partial charge in [-0.1, -0.05) is 19.1 Å². The summed E-state index contributed by atoms with van der Waals surface area (Å²) in [5.74, 6) is -6.49. The molecule has 0 spiro atoms. The van der Waals surface area contributed by atoms with Crippen molar-refractivity contribution in [3.05, 3.63) is 60.1 Å². The van der Waals surface area contributed by atoms with Gasteiger partial charge < -0.3 is 88.2 Å². The van der Waals surface area contributed by atoms with Crippen molar-refractivity contribution in [2.75, 3.05) is 26.9 Å². The fourth-order valence-electron chi connectivity index (χ4n) is 8.81. The first-order chi connectivity index (χ1) is 29.2. The first-order valence-corrected chi connectivity index (χ1v) is 19.7. The van der Waals surface area contributed by atoms with Crippen LogP contribution in [-0.4, -0.2) is 166 Å². The maximum absolute atomic E-state index is 13.8. The van der Waals surface area contributed by atoms with Crippen LogP contribution in [0.25, 0.3) is 0 Å². The van der Waals surface area contributed by atoms with Crippen LogP contribution >= 0.6 is 0 Å². The highest BCUT2D eigenvalue weighted by atomic mass is 16.8. The van der Waals surface area contributed by atoms with Gasteiger partial charge in [-0.2, -0.15) is 0 Å². The van der Waals surface area contributed by atoms with Gasteiger partial charge in [-0.05, 0) is 25.0 Å². The summed E-state index contributed by atoms with van der Waals surface area (Å²) >= 11 is 0. The number of rotatable bonds is 12. The Balaban J connectivity index is 1.09. The average molecular weight is 867 g/mol. The molecule has 0 radical (unpaired) electrons. The number of benzene rings is 1. The lowest BCUT2D eigenvalue weighted by Gasteiger charge is -2.44. The van der Waals surface area contributed by atoms with Crippen LogP contribution in [0, 0.1) is 29.6 Å². The quantitative estimate of drug-likeness (QED) is 0.0655. The summed E-state index contributed by atoms with van der Waals surface area (Å²) in [6, 6.07) is 3.86. The molecule has 1 aromatic rings. The van der Waals surface area contributed by atoms with Crippen molar-refractivity contribution in [1.82, 2.24) is 0 Å². The lowest BCUT2D eigenvalue weighted by Crippen LogP contribution is -2.62. The van der Waals surface area contributed by atoms with Gasteiger partial charge in [-0.25, -0.2) is 14.4 Å². The van der Waals surface area contributed by atoms with Crippen LogP contribution < -0.4 is 4.74 Å². The third-order valence-electron chi connectivity index (χ3n) is 12.2. The Morgan fingerprint density at radius 1 is 0.852 bits per heavy atom. The fraction of sp³-hybridized carbons (Fsp3) is 0.625. The SMILES string of the molecule is C=C[C@H]1[C@H](O[C@@H]2O[C@H](CO)[C@@H](O)[C@H](O)[C@H]2Oc2cccc(C(=O)O[C@H]3C[C@@H]4C(C(=O)OC)=CO[C@@H](O[C@H]5O[C@@H](CO)[C@H](O)[C@@H](O)[C@@H]5O)[C@@H]4[C@H]3C)c2O)OC=C2C(=O)OCC[C@H]21. The van der Waals surface area contributed by atoms with Crippen molar-refractivity contribution in [1.29, 1.82) is 0 Å². The zero-order chi connectivity index (χ0) is 43.9. The lowest BCUT2D eigenvalue weighted by molar-refractivity contribution is -0.342. The van der Waals surface area contributed by atoms with Crippen molar-refractivity contribution < 1.29 is 103 Å². The molecule has 8 N–H and O–H groups in total. The number of ether oxygens (including phenoxy) is 10. The molecule has 0 aromatic heterocycles. The first-order valence-electron chi connectivity index (χ1n) is 19.7. The number of para-hydroxylation sites is 1. The van der Waals surface area contributed by atoms with Crippen LogP contribution in [0.1, 0.15) is 30.1 Å². The Labute approximate surface area is 348 Å². The third-order valence-corrected chi connectivity index (χ3v) is 12.2.